The Morgan fingerprint density at radius 1 is 1.08 bits per heavy atom. The maximum absolute atomic E-state index is 13.9. The third-order valence-corrected chi connectivity index (χ3v) is 14.2. The van der Waals surface area contributed by atoms with Crippen molar-refractivity contribution in [1.82, 2.24) is 19.8 Å². The number of ether oxygens (including phenoxy) is 1. The maximum Gasteiger partial charge on any atom is 0.254 e. The van der Waals surface area contributed by atoms with E-state index < -0.39 is 37.1 Å². The first-order chi connectivity index (χ1) is 22.3. The van der Waals surface area contributed by atoms with E-state index in [-0.39, 0.29) is 34.3 Å². The Bertz CT molecular complexity index is 1690. The van der Waals surface area contributed by atoms with E-state index in [2.05, 4.69) is 49.1 Å². The molecule has 0 spiro atoms. The average molecular weight is 683 g/mol. The summed E-state index contributed by atoms with van der Waals surface area (Å²) in [6, 6.07) is 5.61. The van der Waals surface area contributed by atoms with Gasteiger partial charge in [-0.3, -0.25) is 14.5 Å². The van der Waals surface area contributed by atoms with E-state index in [0.717, 1.165) is 29.7 Å². The SMILES string of the molecule is C[C@@H](C(=O)Nc1cnc(Oc2ccc(F)cc2F)cn1)N1CCN(C(=O)c2cc[n+]([O-])c(C3(O[Si](C)(C)C(C)(C)C)CC3)c2)C(C)(C)C1. The molecule has 2 amide bonds. The molecule has 2 aliphatic rings. The average Bonchev–Trinajstić information content (AvgIpc) is 3.77. The molecule has 3 heterocycles. The molecule has 1 N–H and O–H groups in total. The Balaban J connectivity index is 1.21. The summed E-state index contributed by atoms with van der Waals surface area (Å²) < 4.78 is 40.0. The van der Waals surface area contributed by atoms with E-state index in [9.17, 15) is 23.6 Å². The molecule has 0 unspecified atom stereocenters. The van der Waals surface area contributed by atoms with Crippen molar-refractivity contribution in [2.75, 3.05) is 25.0 Å². The van der Waals surface area contributed by atoms with Crippen LogP contribution in [0.3, 0.4) is 0 Å². The van der Waals surface area contributed by atoms with Crippen LogP contribution in [0.4, 0.5) is 14.6 Å². The number of aromatic nitrogens is 3. The van der Waals surface area contributed by atoms with Crippen LogP contribution in [0.1, 0.15) is 70.4 Å². The Morgan fingerprint density at radius 2 is 1.79 bits per heavy atom. The first kappa shape index (κ1) is 35.3. The van der Waals surface area contributed by atoms with Crippen molar-refractivity contribution in [3.63, 3.8) is 0 Å². The van der Waals surface area contributed by atoms with Crippen LogP contribution in [-0.4, -0.2) is 71.1 Å². The zero-order chi connectivity index (χ0) is 35.2. The van der Waals surface area contributed by atoms with Gasteiger partial charge in [0.15, 0.2) is 31.9 Å². The van der Waals surface area contributed by atoms with Gasteiger partial charge in [0.05, 0.1) is 29.5 Å². The van der Waals surface area contributed by atoms with Gasteiger partial charge in [0.1, 0.15) is 11.4 Å². The van der Waals surface area contributed by atoms with Gasteiger partial charge >= 0.3 is 0 Å². The number of piperazine rings is 1. The molecule has 0 bridgehead atoms. The van der Waals surface area contributed by atoms with Gasteiger partial charge in [0.2, 0.25) is 17.5 Å². The van der Waals surface area contributed by atoms with Gasteiger partial charge in [0, 0.05) is 37.8 Å². The number of hydrogen-bond acceptors (Lipinski definition) is 8. The number of pyridine rings is 1. The number of anilines is 1. The van der Waals surface area contributed by atoms with Crippen LogP contribution in [0.5, 0.6) is 11.6 Å². The van der Waals surface area contributed by atoms with Crippen molar-refractivity contribution < 1.29 is 32.3 Å². The second-order valence-corrected chi connectivity index (χ2v) is 19.5. The predicted molar refractivity (Wildman–Crippen MR) is 178 cm³/mol. The fraction of sp³-hybridized carbons (Fsp3) is 0.500. The summed E-state index contributed by atoms with van der Waals surface area (Å²) in [5, 5.41) is 15.7. The van der Waals surface area contributed by atoms with Crippen molar-refractivity contribution in [3.05, 3.63) is 77.0 Å². The quantitative estimate of drug-likeness (QED) is 0.172. The highest BCUT2D eigenvalue weighted by Crippen LogP contribution is 2.53. The molecule has 3 aromatic rings. The van der Waals surface area contributed by atoms with Gasteiger partial charge < -0.3 is 24.6 Å². The number of carbonyl (C=O) groups excluding carboxylic acids is 2. The Kier molecular flexibility index (Phi) is 9.40. The first-order valence-corrected chi connectivity index (χ1v) is 19.0. The number of nitrogens with one attached hydrogen (secondary N) is 1. The standard InChI is InChI=1S/C34H44F2N6O5Si/c1-22(30(43)39-28-19-38-29(20-37-28)46-26-10-9-24(35)18-25(26)36)40-15-16-41(33(5,6)21-40)31(44)23-11-14-42(45)27(17-23)34(12-13-34)47-48(7,8)32(2,3)4/h9-11,14,17-20,22H,12-13,15-16,21H2,1-8H3,(H,37,39,43)/t22-/m0/s1. The van der Waals surface area contributed by atoms with Crippen LogP contribution in [0.15, 0.2) is 48.9 Å². The molecular formula is C34H44F2N6O5Si. The van der Waals surface area contributed by atoms with E-state index in [1.54, 1.807) is 24.0 Å². The Morgan fingerprint density at radius 3 is 2.38 bits per heavy atom. The molecule has 1 saturated heterocycles. The molecule has 1 saturated carbocycles. The van der Waals surface area contributed by atoms with Crippen molar-refractivity contribution in [1.29, 1.82) is 0 Å². The lowest BCUT2D eigenvalue weighted by atomic mass is 9.96. The molecule has 0 radical (unpaired) electrons. The summed E-state index contributed by atoms with van der Waals surface area (Å²) in [7, 11) is -2.18. The van der Waals surface area contributed by atoms with Gasteiger partial charge in [-0.05, 0) is 63.9 Å². The monoisotopic (exact) mass is 682 g/mol. The molecule has 1 aromatic carbocycles. The molecule has 1 aliphatic carbocycles. The van der Waals surface area contributed by atoms with Crippen LogP contribution in [0.25, 0.3) is 0 Å². The molecular weight excluding hydrogens is 638 g/mol. The number of carbonyl (C=O) groups is 2. The number of hydrogen-bond donors (Lipinski definition) is 1. The smallest absolute Gasteiger partial charge is 0.254 e. The summed E-state index contributed by atoms with van der Waals surface area (Å²) in [6.45, 7) is 17.8. The van der Waals surface area contributed by atoms with Crippen LogP contribution in [0, 0.1) is 16.8 Å². The highest BCUT2D eigenvalue weighted by molar-refractivity contribution is 6.74. The number of rotatable bonds is 9. The summed E-state index contributed by atoms with van der Waals surface area (Å²) in [6.07, 6.45) is 5.39. The van der Waals surface area contributed by atoms with Crippen LogP contribution in [-0.2, 0) is 14.8 Å². The maximum atomic E-state index is 13.9. The number of halogens is 2. The Labute approximate surface area is 281 Å². The second kappa shape index (κ2) is 12.8. The van der Waals surface area contributed by atoms with Crippen molar-refractivity contribution in [2.24, 2.45) is 0 Å². The second-order valence-electron chi connectivity index (χ2n) is 14.8. The molecule has 11 nitrogen and oxygen atoms in total. The lowest BCUT2D eigenvalue weighted by Gasteiger charge is -2.48. The molecule has 48 heavy (non-hydrogen) atoms. The van der Waals surface area contributed by atoms with E-state index in [0.29, 0.717) is 37.0 Å². The number of amides is 2. The molecule has 5 rings (SSSR count). The summed E-state index contributed by atoms with van der Waals surface area (Å²) in [5.41, 5.74) is -0.389. The molecule has 14 heteroatoms. The van der Waals surface area contributed by atoms with Crippen LogP contribution >= 0.6 is 0 Å². The highest BCUT2D eigenvalue weighted by Gasteiger charge is 2.57. The summed E-state index contributed by atoms with van der Waals surface area (Å²) in [5.74, 6) is -2.17. The Hall–Kier alpha value is -4.01. The topological polar surface area (TPSA) is 124 Å². The first-order valence-electron chi connectivity index (χ1n) is 16.1. The molecule has 258 valence electrons. The zero-order valence-corrected chi connectivity index (χ0v) is 29.8. The van der Waals surface area contributed by atoms with Crippen molar-refractivity contribution in [3.8, 4) is 11.6 Å². The molecule has 1 atom stereocenters. The molecule has 2 fully saturated rings. The fourth-order valence-electron chi connectivity index (χ4n) is 5.67. The molecule has 2 aromatic heterocycles. The van der Waals surface area contributed by atoms with Gasteiger partial charge in [-0.15, -0.1) is 0 Å². The van der Waals surface area contributed by atoms with Crippen LogP contribution in [0.2, 0.25) is 18.1 Å². The van der Waals surface area contributed by atoms with E-state index in [1.807, 2.05) is 18.7 Å². The minimum absolute atomic E-state index is 0.0253. The van der Waals surface area contributed by atoms with Crippen molar-refractivity contribution in [2.45, 2.75) is 89.7 Å². The third kappa shape index (κ3) is 7.35. The summed E-state index contributed by atoms with van der Waals surface area (Å²) >= 11 is 0. The predicted octanol–water partition coefficient (Wildman–Crippen LogP) is 5.76. The number of benzene rings is 1. The van der Waals surface area contributed by atoms with E-state index in [4.69, 9.17) is 9.16 Å². The van der Waals surface area contributed by atoms with Crippen LogP contribution < -0.4 is 14.8 Å². The van der Waals surface area contributed by atoms with Gasteiger partial charge in [-0.1, -0.05) is 20.8 Å². The van der Waals surface area contributed by atoms with Gasteiger partial charge in [0.25, 0.3) is 5.91 Å². The third-order valence-electron chi connectivity index (χ3n) is 9.69. The lowest BCUT2D eigenvalue weighted by Crippen LogP contribution is -2.63. The summed E-state index contributed by atoms with van der Waals surface area (Å²) in [4.78, 5) is 39.1. The number of nitrogens with zero attached hydrogens (tertiary/aromatic N) is 5. The van der Waals surface area contributed by atoms with Crippen molar-refractivity contribution >= 4 is 25.9 Å². The normalized spacial score (nSPS) is 18.2. The minimum atomic E-state index is -2.18. The minimum Gasteiger partial charge on any atom is -0.618 e. The highest BCUT2D eigenvalue weighted by atomic mass is 28.4. The van der Waals surface area contributed by atoms with E-state index >= 15 is 0 Å². The molecule has 1 aliphatic heterocycles. The lowest BCUT2D eigenvalue weighted by molar-refractivity contribution is -0.619. The zero-order valence-electron chi connectivity index (χ0n) is 28.8. The fourth-order valence-corrected chi connectivity index (χ4v) is 7.27. The van der Waals surface area contributed by atoms with Gasteiger partial charge in [-0.2, -0.15) is 4.73 Å². The van der Waals surface area contributed by atoms with Gasteiger partial charge in [-0.25, -0.2) is 18.7 Å². The van der Waals surface area contributed by atoms with E-state index in [1.165, 1.54) is 18.6 Å². The largest absolute Gasteiger partial charge is 0.618 e.